The van der Waals surface area contributed by atoms with Gasteiger partial charge in [-0.15, -0.1) is 0 Å². The lowest BCUT2D eigenvalue weighted by atomic mass is 10.1. The number of anilines is 1. The Morgan fingerprint density at radius 2 is 1.75 bits per heavy atom. The minimum Gasteiger partial charge on any atom is -0.465 e. The Labute approximate surface area is 173 Å². The van der Waals surface area contributed by atoms with Crippen molar-refractivity contribution in [1.29, 1.82) is 0 Å². The van der Waals surface area contributed by atoms with Gasteiger partial charge in [-0.25, -0.2) is 0 Å². The van der Waals surface area contributed by atoms with E-state index >= 15 is 0 Å². The van der Waals surface area contributed by atoms with Gasteiger partial charge in [-0.05, 0) is 37.4 Å². The van der Waals surface area contributed by atoms with Gasteiger partial charge < -0.3 is 14.4 Å². The van der Waals surface area contributed by atoms with Gasteiger partial charge in [0.15, 0.2) is 6.79 Å². The molecular formula is C22H31ClN3O2+. The molecule has 1 aliphatic heterocycles. The van der Waals surface area contributed by atoms with E-state index in [9.17, 15) is 0 Å². The number of piperazine rings is 1. The molecule has 3 rings (SSSR count). The molecule has 2 aromatic rings. The molecule has 1 aliphatic rings. The third-order valence-electron chi connectivity index (χ3n) is 5.52. The highest BCUT2D eigenvalue weighted by Crippen LogP contribution is 2.33. The third-order valence-corrected chi connectivity index (χ3v) is 5.77. The number of hydrogen-bond donors (Lipinski definition) is 0. The standard InChI is InChI=1S/C22H31ClN3O2/c1-24(2)21-15-18(5-10-22(21)28-17-27-4)16-26(13-11-25(3)12-14-26)20-8-6-19(23)7-9-20/h5-10,15H,11-14,16-17H2,1-4H3/q+1. The van der Waals surface area contributed by atoms with Crippen molar-refractivity contribution in [3.05, 3.63) is 53.1 Å². The Hall–Kier alpha value is -1.79. The van der Waals surface area contributed by atoms with E-state index in [0.717, 1.165) is 53.7 Å². The Morgan fingerprint density at radius 3 is 2.36 bits per heavy atom. The van der Waals surface area contributed by atoms with Gasteiger partial charge in [-0.2, -0.15) is 0 Å². The van der Waals surface area contributed by atoms with Crippen LogP contribution in [0.1, 0.15) is 5.56 Å². The maximum atomic E-state index is 6.15. The summed E-state index contributed by atoms with van der Waals surface area (Å²) < 4.78 is 11.7. The highest BCUT2D eigenvalue weighted by atomic mass is 35.5. The fourth-order valence-electron chi connectivity index (χ4n) is 3.82. The number of hydrogen-bond acceptors (Lipinski definition) is 4. The molecule has 28 heavy (non-hydrogen) atoms. The molecule has 152 valence electrons. The predicted octanol–water partition coefficient (Wildman–Crippen LogP) is 3.84. The van der Waals surface area contributed by atoms with Crippen molar-refractivity contribution in [1.82, 2.24) is 9.38 Å². The Bertz CT molecular complexity index is 772. The number of quaternary nitrogens is 1. The molecule has 0 amide bonds. The molecule has 1 saturated heterocycles. The largest absolute Gasteiger partial charge is 0.465 e. The van der Waals surface area contributed by atoms with E-state index in [0.29, 0.717) is 0 Å². The maximum absolute atomic E-state index is 6.15. The first kappa shape index (κ1) is 20.9. The van der Waals surface area contributed by atoms with Gasteiger partial charge in [0, 0.05) is 57.0 Å². The molecule has 5 nitrogen and oxygen atoms in total. The van der Waals surface area contributed by atoms with E-state index in [2.05, 4.69) is 47.2 Å². The molecule has 1 heterocycles. The quantitative estimate of drug-likeness (QED) is 0.517. The van der Waals surface area contributed by atoms with Crippen molar-refractivity contribution < 1.29 is 9.47 Å². The molecule has 0 aromatic heterocycles. The van der Waals surface area contributed by atoms with Crippen LogP contribution in [0.15, 0.2) is 42.5 Å². The number of halogens is 1. The summed E-state index contributed by atoms with van der Waals surface area (Å²) in [6.45, 7) is 5.52. The average molecular weight is 405 g/mol. The SMILES string of the molecule is COCOc1ccc(C[N+]2(c3ccc(Cl)cc3)CCN(C)CC2)cc1N(C)C. The van der Waals surface area contributed by atoms with Crippen molar-refractivity contribution >= 4 is 23.0 Å². The Balaban J connectivity index is 1.92. The van der Waals surface area contributed by atoms with E-state index in [1.165, 1.54) is 11.3 Å². The van der Waals surface area contributed by atoms with E-state index in [4.69, 9.17) is 21.1 Å². The summed E-state index contributed by atoms with van der Waals surface area (Å²) in [6, 6.07) is 14.8. The number of methoxy groups -OCH3 is 1. The minimum atomic E-state index is 0.247. The van der Waals surface area contributed by atoms with Crippen LogP contribution in [0.5, 0.6) is 5.75 Å². The lowest BCUT2D eigenvalue weighted by Gasteiger charge is -2.44. The Kier molecular flexibility index (Phi) is 6.83. The predicted molar refractivity (Wildman–Crippen MR) is 117 cm³/mol. The van der Waals surface area contributed by atoms with Gasteiger partial charge in [0.2, 0.25) is 0 Å². The van der Waals surface area contributed by atoms with Gasteiger partial charge in [0.25, 0.3) is 0 Å². The van der Waals surface area contributed by atoms with Crippen molar-refractivity contribution in [3.63, 3.8) is 0 Å². The zero-order valence-corrected chi connectivity index (χ0v) is 18.1. The molecule has 0 radical (unpaired) electrons. The Morgan fingerprint density at radius 1 is 1.07 bits per heavy atom. The zero-order chi connectivity index (χ0) is 20.1. The van der Waals surface area contributed by atoms with Crippen molar-refractivity contribution in [2.75, 3.05) is 66.1 Å². The number of likely N-dealkylation sites (N-methyl/N-ethyl adjacent to an activating group) is 1. The second-order valence-corrected chi connectivity index (χ2v) is 8.21. The first-order valence-corrected chi connectivity index (χ1v) is 10.0. The van der Waals surface area contributed by atoms with Gasteiger partial charge in [-0.1, -0.05) is 11.6 Å². The van der Waals surface area contributed by atoms with E-state index in [1.54, 1.807) is 7.11 Å². The molecule has 1 fully saturated rings. The van der Waals surface area contributed by atoms with Crippen LogP contribution in [-0.2, 0) is 11.3 Å². The summed E-state index contributed by atoms with van der Waals surface area (Å²) in [4.78, 5) is 4.49. The van der Waals surface area contributed by atoms with E-state index in [-0.39, 0.29) is 6.79 Å². The lowest BCUT2D eigenvalue weighted by molar-refractivity contribution is 0.0514. The average Bonchev–Trinajstić information content (AvgIpc) is 2.69. The highest BCUT2D eigenvalue weighted by Gasteiger charge is 2.34. The molecule has 6 heteroatoms. The smallest absolute Gasteiger partial charge is 0.188 e. The molecule has 0 N–H and O–H groups in total. The van der Waals surface area contributed by atoms with Crippen molar-refractivity contribution in [2.24, 2.45) is 0 Å². The summed E-state index contributed by atoms with van der Waals surface area (Å²) in [5, 5.41) is 0.783. The molecule has 0 aliphatic carbocycles. The molecule has 0 bridgehead atoms. The number of ether oxygens (including phenoxy) is 2. The minimum absolute atomic E-state index is 0.247. The van der Waals surface area contributed by atoms with E-state index < -0.39 is 0 Å². The van der Waals surface area contributed by atoms with Crippen LogP contribution in [0.3, 0.4) is 0 Å². The number of rotatable bonds is 7. The summed E-state index contributed by atoms with van der Waals surface area (Å²) >= 11 is 6.15. The van der Waals surface area contributed by atoms with Crippen LogP contribution in [0.25, 0.3) is 0 Å². The first-order chi connectivity index (χ1) is 13.4. The fourth-order valence-corrected chi connectivity index (χ4v) is 3.94. The third kappa shape index (κ3) is 4.78. The second-order valence-electron chi connectivity index (χ2n) is 7.78. The highest BCUT2D eigenvalue weighted by molar-refractivity contribution is 6.30. The molecule has 0 atom stereocenters. The van der Waals surface area contributed by atoms with Crippen molar-refractivity contribution in [3.8, 4) is 5.75 Å². The number of nitrogens with zero attached hydrogens (tertiary/aromatic N) is 3. The van der Waals surface area contributed by atoms with Crippen LogP contribution >= 0.6 is 11.6 Å². The van der Waals surface area contributed by atoms with Crippen LogP contribution in [-0.4, -0.2) is 66.1 Å². The van der Waals surface area contributed by atoms with Crippen LogP contribution in [0.4, 0.5) is 11.4 Å². The monoisotopic (exact) mass is 404 g/mol. The molecule has 0 spiro atoms. The summed E-state index contributed by atoms with van der Waals surface area (Å²) in [5.41, 5.74) is 3.69. The second kappa shape index (κ2) is 9.14. The zero-order valence-electron chi connectivity index (χ0n) is 17.3. The molecule has 0 unspecified atom stereocenters. The number of benzene rings is 2. The summed E-state index contributed by atoms with van der Waals surface area (Å²) in [6.07, 6.45) is 0. The summed E-state index contributed by atoms with van der Waals surface area (Å²) in [7, 11) is 7.91. The van der Waals surface area contributed by atoms with Crippen LogP contribution < -0.4 is 14.1 Å². The molecular weight excluding hydrogens is 374 g/mol. The van der Waals surface area contributed by atoms with Crippen LogP contribution in [0.2, 0.25) is 5.02 Å². The maximum Gasteiger partial charge on any atom is 0.188 e. The first-order valence-electron chi connectivity index (χ1n) is 9.66. The summed E-state index contributed by atoms with van der Waals surface area (Å²) in [5.74, 6) is 0.840. The van der Waals surface area contributed by atoms with Gasteiger partial charge in [-0.3, -0.25) is 9.38 Å². The normalized spacial score (nSPS) is 16.8. The van der Waals surface area contributed by atoms with Gasteiger partial charge in [0.05, 0.1) is 18.8 Å². The topological polar surface area (TPSA) is 24.9 Å². The van der Waals surface area contributed by atoms with Gasteiger partial charge >= 0.3 is 0 Å². The van der Waals surface area contributed by atoms with Gasteiger partial charge in [0.1, 0.15) is 18.0 Å². The van der Waals surface area contributed by atoms with Crippen molar-refractivity contribution in [2.45, 2.75) is 6.54 Å². The van der Waals surface area contributed by atoms with Crippen LogP contribution in [0, 0.1) is 0 Å². The van der Waals surface area contributed by atoms with E-state index in [1.807, 2.05) is 26.2 Å². The molecule has 2 aromatic carbocycles. The lowest BCUT2D eigenvalue weighted by Crippen LogP contribution is -2.59. The fraction of sp³-hybridized carbons (Fsp3) is 0.455. The molecule has 0 saturated carbocycles.